The van der Waals surface area contributed by atoms with Crippen molar-refractivity contribution in [3.63, 3.8) is 0 Å². The highest BCUT2D eigenvalue weighted by Crippen LogP contribution is 2.47. The van der Waals surface area contributed by atoms with Gasteiger partial charge in [0.05, 0.1) is 6.61 Å². The molecule has 14 heteroatoms. The van der Waals surface area contributed by atoms with E-state index in [0.29, 0.717) is 12.8 Å². The predicted molar refractivity (Wildman–Crippen MR) is 235 cm³/mol. The van der Waals surface area contributed by atoms with Crippen LogP contribution in [0.25, 0.3) is 0 Å². The molecule has 13 nitrogen and oxygen atoms in total. The Bertz CT molecular complexity index is 1240. The largest absolute Gasteiger partial charge is 0.472 e. The van der Waals surface area contributed by atoms with Gasteiger partial charge in [0.15, 0.2) is 6.10 Å². The number of rotatable bonds is 37. The highest BCUT2D eigenvalue weighted by Gasteiger charge is 2.51. The summed E-state index contributed by atoms with van der Waals surface area (Å²) in [5.74, 6) is -1.20. The minimum Gasteiger partial charge on any atom is -0.462 e. The second-order valence-electron chi connectivity index (χ2n) is 15.9. The fourth-order valence-electron chi connectivity index (χ4n) is 6.68. The second kappa shape index (κ2) is 36.3. The van der Waals surface area contributed by atoms with Gasteiger partial charge < -0.3 is 39.9 Å². The van der Waals surface area contributed by atoms with E-state index in [0.717, 1.165) is 51.4 Å². The average molecular weight is 873 g/mol. The Morgan fingerprint density at radius 2 is 0.983 bits per heavy atom. The standard InChI is InChI=1S/C46H81O13P/c1-3-5-7-9-11-13-15-17-18-19-20-21-23-24-26-28-30-32-34-39(47)56-36-38(37-57-60(54,55)59-46-44(52)42(50)41(49)43(51)45(46)53)58-40(48)35-33-31-29-27-25-22-16-14-12-10-8-6-4-2/h18-22,25,29,31,38,41-46,49-53H,3-17,23-24,26-28,30,32-37H2,1-2H3,(H,54,55)/b19-18+,21-20+,25-22+,31-29+/t38?,41?,42-,43?,44?,45?,46?/m0/s1. The van der Waals surface area contributed by atoms with E-state index in [1.807, 2.05) is 12.2 Å². The Morgan fingerprint density at radius 3 is 1.52 bits per heavy atom. The van der Waals surface area contributed by atoms with E-state index in [2.05, 4.69) is 50.3 Å². The first-order valence-corrected chi connectivity index (χ1v) is 24.5. The number of phosphoric acid groups is 1. The molecule has 0 spiro atoms. The minimum absolute atomic E-state index is 0.0138. The van der Waals surface area contributed by atoms with E-state index in [1.54, 1.807) is 0 Å². The third-order valence-electron chi connectivity index (χ3n) is 10.4. The number of ether oxygens (including phenoxy) is 2. The van der Waals surface area contributed by atoms with Crippen LogP contribution < -0.4 is 0 Å². The van der Waals surface area contributed by atoms with Crippen molar-refractivity contribution in [2.24, 2.45) is 0 Å². The number of allylic oxidation sites excluding steroid dienone is 8. The van der Waals surface area contributed by atoms with Crippen LogP contribution in [0.15, 0.2) is 48.6 Å². The van der Waals surface area contributed by atoms with Crippen LogP contribution >= 0.6 is 7.82 Å². The first-order valence-electron chi connectivity index (χ1n) is 23.0. The third kappa shape index (κ3) is 28.4. The Balaban J connectivity index is 2.50. The zero-order chi connectivity index (χ0) is 44.3. The van der Waals surface area contributed by atoms with Gasteiger partial charge in [-0.05, 0) is 57.8 Å². The van der Waals surface area contributed by atoms with Gasteiger partial charge in [0, 0.05) is 12.8 Å². The molecule has 1 aliphatic rings. The number of esters is 2. The van der Waals surface area contributed by atoms with Crippen LogP contribution in [0.4, 0.5) is 0 Å². The van der Waals surface area contributed by atoms with Gasteiger partial charge >= 0.3 is 19.8 Å². The van der Waals surface area contributed by atoms with Crippen molar-refractivity contribution in [2.45, 2.75) is 217 Å². The van der Waals surface area contributed by atoms with Gasteiger partial charge in [-0.2, -0.15) is 0 Å². The number of carbonyl (C=O) groups is 2. The molecule has 8 atom stereocenters. The Hall–Kier alpha value is -2.19. The van der Waals surface area contributed by atoms with Gasteiger partial charge in [0.1, 0.15) is 43.2 Å². The van der Waals surface area contributed by atoms with Gasteiger partial charge in [-0.15, -0.1) is 0 Å². The van der Waals surface area contributed by atoms with Gasteiger partial charge in [-0.1, -0.05) is 152 Å². The summed E-state index contributed by atoms with van der Waals surface area (Å²) in [6.45, 7) is 3.21. The summed E-state index contributed by atoms with van der Waals surface area (Å²) in [5, 5.41) is 50.1. The van der Waals surface area contributed by atoms with E-state index in [-0.39, 0.29) is 12.8 Å². The molecule has 0 radical (unpaired) electrons. The molecule has 0 aliphatic heterocycles. The first kappa shape index (κ1) is 55.8. The molecule has 1 aliphatic carbocycles. The van der Waals surface area contributed by atoms with Crippen LogP contribution in [0.2, 0.25) is 0 Å². The molecule has 0 aromatic heterocycles. The summed E-state index contributed by atoms with van der Waals surface area (Å²) < 4.78 is 33.4. The molecule has 0 saturated heterocycles. The molecule has 0 aromatic rings. The van der Waals surface area contributed by atoms with Gasteiger partial charge in [-0.3, -0.25) is 18.6 Å². The maximum Gasteiger partial charge on any atom is 0.472 e. The molecule has 0 bridgehead atoms. The molecule has 348 valence electrons. The van der Waals surface area contributed by atoms with E-state index < -0.39 is 75.7 Å². The van der Waals surface area contributed by atoms with Gasteiger partial charge in [0.25, 0.3) is 0 Å². The summed E-state index contributed by atoms with van der Waals surface area (Å²) in [5.41, 5.74) is 0. The average Bonchev–Trinajstić information content (AvgIpc) is 3.23. The molecule has 1 saturated carbocycles. The predicted octanol–water partition coefficient (Wildman–Crippen LogP) is 8.78. The monoisotopic (exact) mass is 873 g/mol. The van der Waals surface area contributed by atoms with Crippen LogP contribution in [0.5, 0.6) is 0 Å². The van der Waals surface area contributed by atoms with Crippen molar-refractivity contribution in [3.8, 4) is 0 Å². The lowest BCUT2D eigenvalue weighted by Crippen LogP contribution is -2.64. The normalized spacial score (nSPS) is 22.6. The summed E-state index contributed by atoms with van der Waals surface area (Å²) in [6, 6.07) is 0. The van der Waals surface area contributed by atoms with E-state index in [9.17, 15) is 44.6 Å². The Morgan fingerprint density at radius 1 is 0.533 bits per heavy atom. The summed E-state index contributed by atoms with van der Waals surface area (Å²) in [7, 11) is -5.13. The van der Waals surface area contributed by atoms with Gasteiger partial charge in [0.2, 0.25) is 0 Å². The van der Waals surface area contributed by atoms with Crippen molar-refractivity contribution in [2.75, 3.05) is 13.2 Å². The number of hydrogen-bond donors (Lipinski definition) is 6. The molecular formula is C46H81O13P. The molecule has 1 rings (SSSR count). The zero-order valence-corrected chi connectivity index (χ0v) is 37.6. The molecule has 1 fully saturated rings. The number of hydrogen-bond acceptors (Lipinski definition) is 12. The highest BCUT2D eigenvalue weighted by atomic mass is 31.2. The Labute approximate surface area is 360 Å². The maximum absolute atomic E-state index is 12.8. The number of aliphatic hydroxyl groups is 5. The fraction of sp³-hybridized carbons (Fsp3) is 0.783. The number of aliphatic hydroxyl groups excluding tert-OH is 5. The highest BCUT2D eigenvalue weighted by molar-refractivity contribution is 7.47. The van der Waals surface area contributed by atoms with Crippen molar-refractivity contribution in [1.82, 2.24) is 0 Å². The van der Waals surface area contributed by atoms with E-state index in [1.165, 1.54) is 83.5 Å². The number of unbranched alkanes of at least 4 members (excludes halogenated alkanes) is 18. The van der Waals surface area contributed by atoms with Crippen molar-refractivity contribution < 1.29 is 63.1 Å². The summed E-state index contributed by atoms with van der Waals surface area (Å²) in [6.07, 6.45) is 29.0. The molecule has 60 heavy (non-hydrogen) atoms. The molecular weight excluding hydrogens is 791 g/mol. The van der Waals surface area contributed by atoms with Crippen molar-refractivity contribution in [1.29, 1.82) is 0 Å². The minimum atomic E-state index is -5.13. The molecule has 0 heterocycles. The van der Waals surface area contributed by atoms with E-state index >= 15 is 0 Å². The molecule has 0 aromatic carbocycles. The van der Waals surface area contributed by atoms with Crippen LogP contribution in [-0.4, -0.2) is 98.3 Å². The van der Waals surface area contributed by atoms with Crippen LogP contribution in [0, 0.1) is 0 Å². The topological polar surface area (TPSA) is 210 Å². The lowest BCUT2D eigenvalue weighted by atomic mass is 9.85. The van der Waals surface area contributed by atoms with Crippen LogP contribution in [0.1, 0.15) is 174 Å². The van der Waals surface area contributed by atoms with Crippen LogP contribution in [0.3, 0.4) is 0 Å². The smallest absolute Gasteiger partial charge is 0.462 e. The summed E-state index contributed by atoms with van der Waals surface area (Å²) in [4.78, 5) is 35.6. The second-order valence-corrected chi connectivity index (χ2v) is 17.3. The quantitative estimate of drug-likeness (QED) is 0.0114. The Kier molecular flexibility index (Phi) is 33.8. The number of phosphoric ester groups is 1. The van der Waals surface area contributed by atoms with Gasteiger partial charge in [-0.25, -0.2) is 4.57 Å². The SMILES string of the molecule is CCCCCCCC/C=C/C/C=C/CCC(=O)OC(COC(=O)CCCCCCC/C=C/C=C/CCCCCCCCC)COP(=O)(O)OC1C(O)C(O)C(O)[C@H](O)C1O. The maximum atomic E-state index is 12.8. The molecule has 6 N–H and O–H groups in total. The lowest BCUT2D eigenvalue weighted by molar-refractivity contribution is -0.220. The van der Waals surface area contributed by atoms with Crippen molar-refractivity contribution in [3.05, 3.63) is 48.6 Å². The molecule has 7 unspecified atom stereocenters. The van der Waals surface area contributed by atoms with Crippen LogP contribution in [-0.2, 0) is 32.7 Å². The first-order chi connectivity index (χ1) is 28.9. The zero-order valence-electron chi connectivity index (χ0n) is 36.7. The van der Waals surface area contributed by atoms with E-state index in [4.69, 9.17) is 18.5 Å². The fourth-order valence-corrected chi connectivity index (χ4v) is 7.66. The number of carbonyl (C=O) groups excluding carboxylic acids is 2. The third-order valence-corrected chi connectivity index (χ3v) is 11.4. The molecule has 0 amide bonds. The van der Waals surface area contributed by atoms with Crippen molar-refractivity contribution >= 4 is 19.8 Å². The lowest BCUT2D eigenvalue weighted by Gasteiger charge is -2.41. The summed E-state index contributed by atoms with van der Waals surface area (Å²) >= 11 is 0.